The average Bonchev–Trinajstić information content (AvgIpc) is 3.88. The van der Waals surface area contributed by atoms with E-state index in [1.807, 2.05) is 0 Å². The summed E-state index contributed by atoms with van der Waals surface area (Å²) < 4.78 is 4.98. The summed E-state index contributed by atoms with van der Waals surface area (Å²) in [6, 6.07) is 74.8. The molecule has 65 heavy (non-hydrogen) atoms. The Morgan fingerprint density at radius 2 is 0.723 bits per heavy atom. The van der Waals surface area contributed by atoms with E-state index >= 15 is 0 Å². The van der Waals surface area contributed by atoms with E-state index in [-0.39, 0.29) is 0 Å². The highest BCUT2D eigenvalue weighted by molar-refractivity contribution is 6.15. The van der Waals surface area contributed by atoms with E-state index in [0.29, 0.717) is 6.42 Å². The van der Waals surface area contributed by atoms with Crippen molar-refractivity contribution >= 4 is 43.6 Å². The lowest BCUT2D eigenvalue weighted by Gasteiger charge is -2.26. The van der Waals surface area contributed by atoms with E-state index in [4.69, 9.17) is 0 Å². The Labute approximate surface area is 381 Å². The molecule has 0 unspecified atom stereocenters. The predicted molar refractivity (Wildman–Crippen MR) is 276 cm³/mol. The zero-order valence-corrected chi connectivity index (χ0v) is 36.6. The highest BCUT2D eigenvalue weighted by Crippen LogP contribution is 2.49. The molecule has 2 aromatic heterocycles. The first kappa shape index (κ1) is 39.5. The van der Waals surface area contributed by atoms with Gasteiger partial charge in [-0.15, -0.1) is 0 Å². The molecule has 0 atom stereocenters. The van der Waals surface area contributed by atoms with Gasteiger partial charge in [0.25, 0.3) is 0 Å². The Morgan fingerprint density at radius 3 is 1.17 bits per heavy atom. The molecule has 0 aliphatic heterocycles. The van der Waals surface area contributed by atoms with E-state index < -0.39 is 0 Å². The van der Waals surface area contributed by atoms with E-state index in [2.05, 4.69) is 253 Å². The minimum atomic E-state index is 0.702. The number of fused-ring (bicyclic) bond motifs is 6. The van der Waals surface area contributed by atoms with Crippen LogP contribution in [0.1, 0.15) is 44.2 Å². The maximum Gasteiger partial charge on any atom is 0.0789 e. The summed E-state index contributed by atoms with van der Waals surface area (Å²) in [6.07, 6.45) is 2.43. The van der Waals surface area contributed by atoms with Gasteiger partial charge in [0.1, 0.15) is 0 Å². The second kappa shape index (κ2) is 17.1. The number of nitrogens with zero attached hydrogens (tertiary/aromatic N) is 2. The zero-order valence-electron chi connectivity index (χ0n) is 36.6. The van der Waals surface area contributed by atoms with Crippen LogP contribution in [-0.2, 0) is 0 Å². The molecule has 0 fully saturated rings. The van der Waals surface area contributed by atoms with Crippen LogP contribution in [0.5, 0.6) is 0 Å². The Hall–Kier alpha value is -8.30. The first-order chi connectivity index (χ1) is 32.2. The zero-order chi connectivity index (χ0) is 43.7. The van der Waals surface area contributed by atoms with Gasteiger partial charge < -0.3 is 9.13 Å². The number of unbranched alkanes of at least 4 members (excludes halogenated alkanes) is 1. The van der Waals surface area contributed by atoms with Gasteiger partial charge in [-0.1, -0.05) is 207 Å². The van der Waals surface area contributed by atoms with Gasteiger partial charge in [0.2, 0.25) is 0 Å². The summed E-state index contributed by atoms with van der Waals surface area (Å²) in [6.45, 7) is 4.34. The molecule has 0 radical (unpaired) electrons. The number of hydrogen-bond donors (Lipinski definition) is 0. The third-order valence-electron chi connectivity index (χ3n) is 12.6. The molecule has 0 aliphatic rings. The molecule has 0 spiro atoms. The third-order valence-corrected chi connectivity index (χ3v) is 12.6. The maximum absolute atomic E-state index is 3.90. The van der Waals surface area contributed by atoms with Gasteiger partial charge in [-0.3, -0.25) is 0 Å². The monoisotopic (exact) mass is 830 g/mol. The topological polar surface area (TPSA) is 9.86 Å². The van der Waals surface area contributed by atoms with E-state index in [1.165, 1.54) is 43.8 Å². The second-order valence-electron chi connectivity index (χ2n) is 16.5. The number of para-hydroxylation sites is 2. The Kier molecular flexibility index (Phi) is 10.4. The highest BCUT2D eigenvalue weighted by Gasteiger charge is 2.30. The van der Waals surface area contributed by atoms with Crippen molar-refractivity contribution in [1.29, 1.82) is 0 Å². The summed E-state index contributed by atoms with van der Waals surface area (Å²) >= 11 is 0. The van der Waals surface area contributed by atoms with Crippen molar-refractivity contribution in [1.82, 2.24) is 9.13 Å². The molecular formula is C63H46N2. The van der Waals surface area contributed by atoms with Gasteiger partial charge in [0.15, 0.2) is 0 Å². The highest BCUT2D eigenvalue weighted by atomic mass is 15.0. The lowest BCUT2D eigenvalue weighted by molar-refractivity contribution is 0.983. The summed E-state index contributed by atoms with van der Waals surface area (Å²) in [4.78, 5) is 0. The van der Waals surface area contributed by atoms with Gasteiger partial charge in [0.05, 0.1) is 44.6 Å². The van der Waals surface area contributed by atoms with Gasteiger partial charge in [-0.05, 0) is 76.2 Å². The fourth-order valence-electron chi connectivity index (χ4n) is 9.69. The fraction of sp³-hybridized carbons (Fsp3) is 0.0794. The Bertz CT molecular complexity index is 3530. The van der Waals surface area contributed by atoms with Crippen LogP contribution in [0.3, 0.4) is 0 Å². The largest absolute Gasteiger partial charge is 0.308 e. The van der Waals surface area contributed by atoms with Crippen molar-refractivity contribution in [2.75, 3.05) is 0 Å². The fourth-order valence-corrected chi connectivity index (χ4v) is 9.69. The molecule has 2 heteroatoms. The molecule has 11 aromatic rings. The molecule has 0 aliphatic carbocycles. The number of aromatic nitrogens is 2. The molecular weight excluding hydrogens is 785 g/mol. The first-order valence-corrected chi connectivity index (χ1v) is 22.7. The number of hydrogen-bond acceptors (Lipinski definition) is 0. The molecule has 0 saturated carbocycles. The number of benzene rings is 9. The van der Waals surface area contributed by atoms with Crippen LogP contribution in [0.25, 0.3) is 99.5 Å². The SMILES string of the molecule is CCC#Cc1c(-c2ccccc2)c(-n2c3ccc(-c4ccccc4)cc3c3cc(-c4ccccc4)ccc32)c(-c2ccccc2)c(C#CCCC)c1-n1c2ccccc2c2ccccc21. The molecule has 11 rings (SSSR count). The van der Waals surface area contributed by atoms with E-state index in [9.17, 15) is 0 Å². The minimum Gasteiger partial charge on any atom is -0.308 e. The first-order valence-electron chi connectivity index (χ1n) is 22.7. The molecule has 308 valence electrons. The van der Waals surface area contributed by atoms with Gasteiger partial charge in [-0.2, -0.15) is 0 Å². The van der Waals surface area contributed by atoms with Gasteiger partial charge in [0, 0.05) is 45.5 Å². The van der Waals surface area contributed by atoms with E-state index in [1.54, 1.807) is 0 Å². The summed E-state index contributed by atoms with van der Waals surface area (Å²) in [5, 5.41) is 4.76. The molecule has 0 saturated heterocycles. The third kappa shape index (κ3) is 6.89. The van der Waals surface area contributed by atoms with Crippen LogP contribution in [0.4, 0.5) is 0 Å². The summed E-state index contributed by atoms with van der Waals surface area (Å²) in [5.74, 6) is 15.1. The van der Waals surface area contributed by atoms with Crippen molar-refractivity contribution < 1.29 is 0 Å². The van der Waals surface area contributed by atoms with Crippen LogP contribution in [0, 0.1) is 23.7 Å². The number of rotatable bonds is 7. The van der Waals surface area contributed by atoms with Crippen LogP contribution < -0.4 is 0 Å². The standard InChI is InChI=1S/C63H46N2/c1-3-5-11-35-53-61(47-30-18-10-19-31-47)63(65-58-40-38-48(44-24-12-7-13-25-44)42-54(58)55-43-49(39-41-59(55)65)45-26-14-8-15-27-45)60(46-28-16-9-17-29-46)52(32-6-4-2)62(53)64-56-36-22-20-33-50(56)51-34-21-23-37-57(51)64/h7-10,12-31,33-34,36-43H,3-5H2,1-2H3. The Morgan fingerprint density at radius 1 is 0.338 bits per heavy atom. The molecule has 0 N–H and O–H groups in total. The van der Waals surface area contributed by atoms with Crippen LogP contribution in [-0.4, -0.2) is 9.13 Å². The summed E-state index contributed by atoms with van der Waals surface area (Å²) in [5.41, 5.74) is 17.5. The van der Waals surface area contributed by atoms with Crippen molar-refractivity contribution in [2.24, 2.45) is 0 Å². The van der Waals surface area contributed by atoms with Crippen LogP contribution in [0.2, 0.25) is 0 Å². The minimum absolute atomic E-state index is 0.702. The van der Waals surface area contributed by atoms with Crippen molar-refractivity contribution in [2.45, 2.75) is 33.1 Å². The van der Waals surface area contributed by atoms with Crippen LogP contribution in [0.15, 0.2) is 206 Å². The van der Waals surface area contributed by atoms with Gasteiger partial charge in [-0.25, -0.2) is 0 Å². The lowest BCUT2D eigenvalue weighted by atomic mass is 9.85. The summed E-state index contributed by atoms with van der Waals surface area (Å²) in [7, 11) is 0. The second-order valence-corrected chi connectivity index (χ2v) is 16.5. The molecule has 9 aromatic carbocycles. The van der Waals surface area contributed by atoms with Crippen molar-refractivity contribution in [3.8, 4) is 79.6 Å². The van der Waals surface area contributed by atoms with Crippen LogP contribution >= 0.6 is 0 Å². The quantitative estimate of drug-likeness (QED) is 0.142. The molecule has 0 bridgehead atoms. The Balaban J connectivity index is 1.40. The smallest absolute Gasteiger partial charge is 0.0789 e. The normalized spacial score (nSPS) is 11.2. The molecule has 0 amide bonds. The van der Waals surface area contributed by atoms with Crippen molar-refractivity contribution in [3.63, 3.8) is 0 Å². The lowest BCUT2D eigenvalue weighted by Crippen LogP contribution is -2.11. The molecule has 2 nitrogen and oxygen atoms in total. The predicted octanol–water partition coefficient (Wildman–Crippen LogP) is 16.5. The van der Waals surface area contributed by atoms with Gasteiger partial charge >= 0.3 is 0 Å². The average molecular weight is 831 g/mol. The van der Waals surface area contributed by atoms with E-state index in [0.717, 1.165) is 79.7 Å². The maximum atomic E-state index is 3.90. The van der Waals surface area contributed by atoms with Crippen molar-refractivity contribution in [3.05, 3.63) is 217 Å². The molecule has 2 heterocycles.